The Kier molecular flexibility index (Phi) is 4.27. The van der Waals surface area contributed by atoms with Crippen molar-refractivity contribution in [3.05, 3.63) is 47.5 Å². The lowest BCUT2D eigenvalue weighted by Gasteiger charge is -2.44. The minimum Gasteiger partial charge on any atom is -0.346 e. The van der Waals surface area contributed by atoms with Crippen LogP contribution < -0.4 is 4.90 Å². The lowest BCUT2D eigenvalue weighted by Crippen LogP contribution is -2.51. The normalized spacial score (nSPS) is 20.3. The second-order valence-electron chi connectivity index (χ2n) is 6.75. The van der Waals surface area contributed by atoms with Crippen LogP contribution in [-0.2, 0) is 10.2 Å². The first kappa shape index (κ1) is 15.6. The van der Waals surface area contributed by atoms with Crippen molar-refractivity contribution in [1.29, 1.82) is 0 Å². The molecule has 126 valence electrons. The van der Waals surface area contributed by atoms with E-state index in [1.165, 1.54) is 5.56 Å². The second-order valence-corrected chi connectivity index (χ2v) is 7.62. The molecule has 1 saturated carbocycles. The van der Waals surface area contributed by atoms with Crippen LogP contribution in [0.2, 0.25) is 0 Å². The van der Waals surface area contributed by atoms with Crippen LogP contribution >= 0.6 is 11.3 Å². The minimum absolute atomic E-state index is 0.266. The van der Waals surface area contributed by atoms with E-state index in [0.717, 1.165) is 57.0 Å². The van der Waals surface area contributed by atoms with Crippen LogP contribution in [0.4, 0.5) is 5.13 Å². The molecule has 1 aromatic heterocycles. The van der Waals surface area contributed by atoms with E-state index in [-0.39, 0.29) is 5.41 Å². The Morgan fingerprint density at radius 1 is 1.04 bits per heavy atom. The fourth-order valence-electron chi connectivity index (χ4n) is 3.90. The zero-order valence-electron chi connectivity index (χ0n) is 13.9. The van der Waals surface area contributed by atoms with Gasteiger partial charge in [0.2, 0.25) is 5.91 Å². The van der Waals surface area contributed by atoms with Crippen LogP contribution in [-0.4, -0.2) is 42.0 Å². The van der Waals surface area contributed by atoms with Gasteiger partial charge in [-0.05, 0) is 24.8 Å². The summed E-state index contributed by atoms with van der Waals surface area (Å²) in [5.74, 6) is 0.334. The summed E-state index contributed by atoms with van der Waals surface area (Å²) in [6.07, 6.45) is 5.99. The maximum Gasteiger partial charge on any atom is 0.233 e. The molecule has 2 aliphatic rings. The number of nitrogens with zero attached hydrogens (tertiary/aromatic N) is 3. The van der Waals surface area contributed by atoms with Crippen molar-refractivity contribution in [3.63, 3.8) is 0 Å². The molecular formula is C19H23N3OS. The molecule has 0 unspecified atom stereocenters. The first-order chi connectivity index (χ1) is 11.8. The lowest BCUT2D eigenvalue weighted by atomic mass is 9.63. The van der Waals surface area contributed by atoms with Crippen LogP contribution in [0.5, 0.6) is 0 Å². The van der Waals surface area contributed by atoms with Gasteiger partial charge in [0.15, 0.2) is 5.13 Å². The zero-order valence-corrected chi connectivity index (χ0v) is 14.7. The highest BCUT2D eigenvalue weighted by Gasteiger charge is 2.47. The maximum atomic E-state index is 13.3. The Balaban J connectivity index is 1.50. The van der Waals surface area contributed by atoms with Crippen molar-refractivity contribution >= 4 is 22.4 Å². The van der Waals surface area contributed by atoms with E-state index in [1.807, 2.05) is 17.6 Å². The van der Waals surface area contributed by atoms with Crippen molar-refractivity contribution in [3.8, 4) is 0 Å². The topological polar surface area (TPSA) is 36.4 Å². The molecule has 24 heavy (non-hydrogen) atoms. The highest BCUT2D eigenvalue weighted by Crippen LogP contribution is 2.45. The summed E-state index contributed by atoms with van der Waals surface area (Å²) in [6.45, 7) is 3.52. The number of thiazole rings is 1. The van der Waals surface area contributed by atoms with Crippen molar-refractivity contribution in [1.82, 2.24) is 9.88 Å². The van der Waals surface area contributed by atoms with E-state index in [2.05, 4.69) is 39.0 Å². The number of amides is 1. The van der Waals surface area contributed by atoms with Crippen molar-refractivity contribution in [2.75, 3.05) is 31.1 Å². The summed E-state index contributed by atoms with van der Waals surface area (Å²) in [4.78, 5) is 22.2. The number of anilines is 1. The molecule has 0 bridgehead atoms. The van der Waals surface area contributed by atoms with Crippen molar-refractivity contribution < 1.29 is 4.79 Å². The third-order valence-electron chi connectivity index (χ3n) is 5.42. The molecule has 0 atom stereocenters. The number of carbonyl (C=O) groups is 1. The van der Waals surface area contributed by atoms with Gasteiger partial charge in [0.05, 0.1) is 5.41 Å². The highest BCUT2D eigenvalue weighted by atomic mass is 32.1. The van der Waals surface area contributed by atoms with Crippen molar-refractivity contribution in [2.45, 2.75) is 31.1 Å². The molecule has 1 aliphatic carbocycles. The van der Waals surface area contributed by atoms with E-state index in [4.69, 9.17) is 0 Å². The standard InChI is InChI=1S/C19H23N3OS/c23-17(19(8-4-9-19)16-6-2-1-3-7-16)21-11-5-12-22(14-13-21)18-20-10-15-24-18/h1-3,6-7,10,15H,4-5,8-9,11-14H2. The molecule has 2 fully saturated rings. The van der Waals surface area contributed by atoms with Crippen LogP contribution in [0.1, 0.15) is 31.2 Å². The monoisotopic (exact) mass is 341 g/mol. The molecule has 1 saturated heterocycles. The zero-order chi connectivity index (χ0) is 16.4. The van der Waals surface area contributed by atoms with E-state index < -0.39 is 0 Å². The summed E-state index contributed by atoms with van der Waals surface area (Å²) in [7, 11) is 0. The van der Waals surface area contributed by atoms with Gasteiger partial charge in [-0.15, -0.1) is 11.3 Å². The van der Waals surface area contributed by atoms with E-state index >= 15 is 0 Å². The summed E-state index contributed by atoms with van der Waals surface area (Å²) >= 11 is 1.68. The van der Waals surface area contributed by atoms with Crippen LogP contribution in [0.15, 0.2) is 41.9 Å². The summed E-state index contributed by atoms with van der Waals surface area (Å²) in [5.41, 5.74) is 0.930. The van der Waals surface area contributed by atoms with Crippen LogP contribution in [0.25, 0.3) is 0 Å². The molecule has 4 nitrogen and oxygen atoms in total. The number of aromatic nitrogens is 1. The van der Waals surface area contributed by atoms with E-state index in [9.17, 15) is 4.79 Å². The Hall–Kier alpha value is -1.88. The fourth-order valence-corrected chi connectivity index (χ4v) is 4.60. The van der Waals surface area contributed by atoms with Crippen LogP contribution in [0.3, 0.4) is 0 Å². The number of carbonyl (C=O) groups excluding carboxylic acids is 1. The SMILES string of the molecule is O=C(N1CCCN(c2nccs2)CC1)C1(c2ccccc2)CCC1. The Bertz CT molecular complexity index is 682. The van der Waals surface area contributed by atoms with Gasteiger partial charge >= 0.3 is 0 Å². The van der Waals surface area contributed by atoms with Crippen LogP contribution in [0, 0.1) is 0 Å². The van der Waals surface area contributed by atoms with Gasteiger partial charge in [-0.1, -0.05) is 36.8 Å². The number of hydrogen-bond donors (Lipinski definition) is 0. The predicted octanol–water partition coefficient (Wildman–Crippen LogP) is 3.30. The van der Waals surface area contributed by atoms with E-state index in [0.29, 0.717) is 5.91 Å². The summed E-state index contributed by atoms with van der Waals surface area (Å²) in [5, 5.41) is 3.09. The van der Waals surface area contributed by atoms with Gasteiger partial charge in [0.25, 0.3) is 0 Å². The smallest absolute Gasteiger partial charge is 0.233 e. The van der Waals surface area contributed by atoms with Crippen molar-refractivity contribution in [2.24, 2.45) is 0 Å². The van der Waals surface area contributed by atoms with Gasteiger partial charge in [0.1, 0.15) is 0 Å². The van der Waals surface area contributed by atoms with E-state index in [1.54, 1.807) is 11.3 Å². The number of rotatable bonds is 3. The molecule has 2 aromatic rings. The molecule has 5 heteroatoms. The summed E-state index contributed by atoms with van der Waals surface area (Å²) in [6, 6.07) is 10.4. The number of benzene rings is 1. The second kappa shape index (κ2) is 6.55. The molecule has 1 amide bonds. The first-order valence-corrected chi connectivity index (χ1v) is 9.67. The molecule has 0 radical (unpaired) electrons. The quantitative estimate of drug-likeness (QED) is 0.859. The third kappa shape index (κ3) is 2.71. The lowest BCUT2D eigenvalue weighted by molar-refractivity contribution is -0.140. The Labute approximate surface area is 147 Å². The molecule has 0 spiro atoms. The average molecular weight is 341 g/mol. The average Bonchev–Trinajstić information content (AvgIpc) is 2.99. The Morgan fingerprint density at radius 2 is 1.88 bits per heavy atom. The number of hydrogen-bond acceptors (Lipinski definition) is 4. The van der Waals surface area contributed by atoms with Gasteiger partial charge in [-0.25, -0.2) is 4.98 Å². The molecular weight excluding hydrogens is 318 g/mol. The molecule has 0 N–H and O–H groups in total. The van der Waals surface area contributed by atoms with Gasteiger partial charge in [-0.3, -0.25) is 4.79 Å². The highest BCUT2D eigenvalue weighted by molar-refractivity contribution is 7.13. The molecule has 1 aliphatic heterocycles. The molecule has 1 aromatic carbocycles. The molecule has 4 rings (SSSR count). The third-order valence-corrected chi connectivity index (χ3v) is 6.25. The summed E-state index contributed by atoms with van der Waals surface area (Å²) < 4.78 is 0. The van der Waals surface area contributed by atoms with Gasteiger partial charge < -0.3 is 9.80 Å². The fraction of sp³-hybridized carbons (Fsp3) is 0.474. The maximum absolute atomic E-state index is 13.3. The van der Waals surface area contributed by atoms with Gasteiger partial charge in [-0.2, -0.15) is 0 Å². The van der Waals surface area contributed by atoms with Gasteiger partial charge in [0, 0.05) is 37.8 Å². The molecule has 2 heterocycles. The minimum atomic E-state index is -0.266. The predicted molar refractivity (Wildman–Crippen MR) is 97.5 cm³/mol. The first-order valence-electron chi connectivity index (χ1n) is 8.79. The largest absolute Gasteiger partial charge is 0.346 e. The Morgan fingerprint density at radius 3 is 2.54 bits per heavy atom.